The van der Waals surface area contributed by atoms with Crippen LogP contribution in [0.2, 0.25) is 0 Å². The summed E-state index contributed by atoms with van der Waals surface area (Å²) in [6, 6.07) is 5.90. The number of benzene rings is 1. The molecule has 16 heavy (non-hydrogen) atoms. The summed E-state index contributed by atoms with van der Waals surface area (Å²) >= 11 is 0. The molecule has 86 valence electrons. The minimum Gasteiger partial charge on any atom is -0.209 e. The standard InChI is InChI=1S/C7H7N3O4S2/c8-16(13,14)10-9-5-6-3-1-2-4-7(6)15(10,11)12/h1-5H,(H2,8,13,14). The fourth-order valence-electron chi connectivity index (χ4n) is 1.28. The Balaban J connectivity index is 2.74. The Bertz CT molecular complexity index is 663. The van der Waals surface area contributed by atoms with Crippen molar-refractivity contribution in [2.45, 2.75) is 4.90 Å². The van der Waals surface area contributed by atoms with Crippen molar-refractivity contribution in [3.8, 4) is 0 Å². The first-order valence-corrected chi connectivity index (χ1v) is 6.99. The maximum absolute atomic E-state index is 11.8. The third-order valence-corrected chi connectivity index (χ3v) is 5.09. The van der Waals surface area contributed by atoms with Gasteiger partial charge in [0.2, 0.25) is 0 Å². The Kier molecular flexibility index (Phi) is 2.26. The normalized spacial score (nSPS) is 18.2. The van der Waals surface area contributed by atoms with Gasteiger partial charge in [0.25, 0.3) is 10.0 Å². The van der Waals surface area contributed by atoms with E-state index in [0.717, 1.165) is 6.21 Å². The Labute approximate surface area is 92.4 Å². The molecule has 0 saturated carbocycles. The van der Waals surface area contributed by atoms with E-state index in [1.807, 2.05) is 0 Å². The third kappa shape index (κ3) is 1.58. The molecule has 1 aromatic carbocycles. The third-order valence-electron chi connectivity index (χ3n) is 1.91. The number of fused-ring (bicyclic) bond motifs is 1. The molecule has 1 aromatic rings. The van der Waals surface area contributed by atoms with Crippen LogP contribution in [0.1, 0.15) is 5.56 Å². The highest BCUT2D eigenvalue weighted by Gasteiger charge is 2.35. The van der Waals surface area contributed by atoms with Crippen molar-refractivity contribution in [1.82, 2.24) is 3.82 Å². The van der Waals surface area contributed by atoms with Crippen LogP contribution in [0.5, 0.6) is 0 Å². The van der Waals surface area contributed by atoms with Crippen molar-refractivity contribution < 1.29 is 16.8 Å². The number of hydrazone groups is 1. The smallest absolute Gasteiger partial charge is 0.209 e. The molecule has 2 N–H and O–H groups in total. The monoisotopic (exact) mass is 261 g/mol. The highest BCUT2D eigenvalue weighted by atomic mass is 32.3. The summed E-state index contributed by atoms with van der Waals surface area (Å²) < 4.78 is 45.6. The van der Waals surface area contributed by atoms with E-state index in [1.54, 1.807) is 6.07 Å². The maximum atomic E-state index is 11.8. The van der Waals surface area contributed by atoms with Crippen LogP contribution in [0.25, 0.3) is 0 Å². The van der Waals surface area contributed by atoms with E-state index >= 15 is 0 Å². The number of hydrogen-bond donors (Lipinski definition) is 1. The molecular formula is C7H7N3O4S2. The van der Waals surface area contributed by atoms with E-state index < -0.39 is 20.2 Å². The van der Waals surface area contributed by atoms with Gasteiger partial charge in [-0.25, -0.2) is 5.14 Å². The van der Waals surface area contributed by atoms with E-state index in [4.69, 9.17) is 5.14 Å². The molecule has 0 atom stereocenters. The van der Waals surface area contributed by atoms with Crippen molar-refractivity contribution in [3.05, 3.63) is 29.8 Å². The fraction of sp³-hybridized carbons (Fsp3) is 0. The summed E-state index contributed by atoms with van der Waals surface area (Å²) in [6.45, 7) is 0. The summed E-state index contributed by atoms with van der Waals surface area (Å²) in [5.41, 5.74) is 0.322. The Morgan fingerprint density at radius 2 is 1.88 bits per heavy atom. The lowest BCUT2D eigenvalue weighted by Gasteiger charge is -2.20. The molecule has 0 unspecified atom stereocenters. The Morgan fingerprint density at radius 3 is 2.50 bits per heavy atom. The van der Waals surface area contributed by atoms with Gasteiger partial charge in [0.05, 0.1) is 11.1 Å². The van der Waals surface area contributed by atoms with E-state index in [0.29, 0.717) is 5.56 Å². The predicted molar refractivity (Wildman–Crippen MR) is 56.2 cm³/mol. The fourth-order valence-corrected chi connectivity index (χ4v) is 3.80. The molecule has 1 aliphatic rings. The zero-order valence-electron chi connectivity index (χ0n) is 7.81. The van der Waals surface area contributed by atoms with Crippen molar-refractivity contribution in [1.29, 1.82) is 0 Å². The summed E-state index contributed by atoms with van der Waals surface area (Å²) in [5.74, 6) is 0. The van der Waals surface area contributed by atoms with Gasteiger partial charge in [-0.2, -0.15) is 21.9 Å². The minimum absolute atomic E-state index is 0.0949. The quantitative estimate of drug-likeness (QED) is 0.715. The number of hydrogen-bond acceptors (Lipinski definition) is 5. The topological polar surface area (TPSA) is 110 Å². The molecule has 0 radical (unpaired) electrons. The Hall–Kier alpha value is -1.45. The van der Waals surface area contributed by atoms with Gasteiger partial charge in [0, 0.05) is 5.56 Å². The first kappa shape index (κ1) is 11.0. The van der Waals surface area contributed by atoms with Crippen molar-refractivity contribution in [2.24, 2.45) is 10.2 Å². The van der Waals surface area contributed by atoms with Gasteiger partial charge >= 0.3 is 10.2 Å². The molecule has 1 aliphatic heterocycles. The summed E-state index contributed by atoms with van der Waals surface area (Å²) in [4.78, 5) is -0.140. The molecule has 0 amide bonds. The average molecular weight is 261 g/mol. The van der Waals surface area contributed by atoms with Crippen molar-refractivity contribution in [2.75, 3.05) is 0 Å². The second-order valence-electron chi connectivity index (χ2n) is 3.01. The molecule has 0 aromatic heterocycles. The second kappa shape index (κ2) is 3.27. The van der Waals surface area contributed by atoms with Gasteiger partial charge in [-0.05, 0) is 6.07 Å². The molecule has 1 heterocycles. The number of rotatable bonds is 1. The number of nitrogens with two attached hydrogens (primary N) is 1. The molecular weight excluding hydrogens is 254 g/mol. The molecule has 0 fully saturated rings. The summed E-state index contributed by atoms with van der Waals surface area (Å²) in [6.07, 6.45) is 1.13. The summed E-state index contributed by atoms with van der Waals surface area (Å²) in [5, 5.41) is 8.05. The average Bonchev–Trinajstić information content (AvgIpc) is 2.15. The molecule has 7 nitrogen and oxygen atoms in total. The first-order chi connectivity index (χ1) is 7.33. The molecule has 0 spiro atoms. The van der Waals surface area contributed by atoms with Crippen LogP contribution in [0.15, 0.2) is 34.3 Å². The lowest BCUT2D eigenvalue weighted by Crippen LogP contribution is -2.39. The van der Waals surface area contributed by atoms with Gasteiger partial charge in [0.1, 0.15) is 0 Å². The van der Waals surface area contributed by atoms with Gasteiger partial charge in [-0.3, -0.25) is 0 Å². The molecule has 0 bridgehead atoms. The highest BCUT2D eigenvalue weighted by Crippen LogP contribution is 2.24. The van der Waals surface area contributed by atoms with E-state index in [1.165, 1.54) is 18.2 Å². The lowest BCUT2D eigenvalue weighted by atomic mass is 10.2. The van der Waals surface area contributed by atoms with Crippen LogP contribution < -0.4 is 5.14 Å². The van der Waals surface area contributed by atoms with Crippen molar-refractivity contribution in [3.63, 3.8) is 0 Å². The minimum atomic E-state index is -4.43. The largest absolute Gasteiger partial charge is 0.328 e. The molecule has 0 aliphatic carbocycles. The summed E-state index contributed by atoms with van der Waals surface area (Å²) in [7, 11) is -8.65. The van der Waals surface area contributed by atoms with Crippen LogP contribution in [0.3, 0.4) is 0 Å². The zero-order valence-corrected chi connectivity index (χ0v) is 9.44. The number of nitrogens with zero attached hydrogens (tertiary/aromatic N) is 2. The van der Waals surface area contributed by atoms with Crippen LogP contribution in [-0.4, -0.2) is 26.9 Å². The second-order valence-corrected chi connectivity index (χ2v) is 6.35. The molecule has 9 heteroatoms. The van der Waals surface area contributed by atoms with E-state index in [9.17, 15) is 16.8 Å². The number of sulfonamides is 1. The predicted octanol–water partition coefficient (Wildman–Crippen LogP) is -0.772. The van der Waals surface area contributed by atoms with Crippen LogP contribution in [0, 0.1) is 0 Å². The van der Waals surface area contributed by atoms with Gasteiger partial charge < -0.3 is 0 Å². The highest BCUT2D eigenvalue weighted by molar-refractivity contribution is 8.03. The van der Waals surface area contributed by atoms with E-state index in [-0.39, 0.29) is 8.72 Å². The first-order valence-electron chi connectivity index (χ1n) is 4.05. The van der Waals surface area contributed by atoms with Crippen LogP contribution in [0.4, 0.5) is 0 Å². The van der Waals surface area contributed by atoms with E-state index in [2.05, 4.69) is 5.10 Å². The van der Waals surface area contributed by atoms with Crippen LogP contribution in [-0.2, 0) is 20.2 Å². The zero-order chi connectivity index (χ0) is 12.0. The maximum Gasteiger partial charge on any atom is 0.328 e. The van der Waals surface area contributed by atoms with Gasteiger partial charge in [-0.15, -0.1) is 0 Å². The van der Waals surface area contributed by atoms with Crippen molar-refractivity contribution >= 4 is 26.4 Å². The SMILES string of the molecule is NS(=O)(=O)N1N=Cc2ccccc2S1(=O)=O. The molecule has 2 rings (SSSR count). The van der Waals surface area contributed by atoms with Gasteiger partial charge in [-0.1, -0.05) is 22.0 Å². The lowest BCUT2D eigenvalue weighted by molar-refractivity contribution is 0.507. The van der Waals surface area contributed by atoms with Gasteiger partial charge in [0.15, 0.2) is 0 Å². The van der Waals surface area contributed by atoms with Crippen LogP contribution >= 0.6 is 0 Å². The Morgan fingerprint density at radius 1 is 1.25 bits per heavy atom. The molecule has 0 saturated heterocycles.